The molecule has 0 spiro atoms. The molecule has 2 rings (SSSR count). The molecule has 88 valence electrons. The number of nitrogens with one attached hydrogen (secondary N) is 2. The molecular formula is C14H22N2. The highest BCUT2D eigenvalue weighted by Gasteiger charge is 2.32. The Bertz CT molecular complexity index is 302. The summed E-state index contributed by atoms with van der Waals surface area (Å²) < 4.78 is 0. The molecule has 0 atom stereocenters. The van der Waals surface area contributed by atoms with Crippen molar-refractivity contribution in [3.8, 4) is 0 Å². The fourth-order valence-electron chi connectivity index (χ4n) is 2.54. The predicted molar refractivity (Wildman–Crippen MR) is 68.5 cm³/mol. The Hall–Kier alpha value is -0.860. The van der Waals surface area contributed by atoms with Crippen molar-refractivity contribution >= 4 is 0 Å². The zero-order valence-corrected chi connectivity index (χ0v) is 10.1. The van der Waals surface area contributed by atoms with Crippen molar-refractivity contribution in [2.75, 3.05) is 19.6 Å². The lowest BCUT2D eigenvalue weighted by Crippen LogP contribution is -2.50. The van der Waals surface area contributed by atoms with Crippen LogP contribution in [0.4, 0.5) is 0 Å². The van der Waals surface area contributed by atoms with Crippen molar-refractivity contribution in [3.63, 3.8) is 0 Å². The quantitative estimate of drug-likeness (QED) is 0.810. The molecule has 2 nitrogen and oxygen atoms in total. The standard InChI is InChI=1S/C14H22N2/c1-2-10-16-14(8-11-15-12-9-14)13-6-4-3-5-7-13/h3-7,15-16H,2,8-12H2,1H3. The number of hydrogen-bond acceptors (Lipinski definition) is 2. The molecule has 2 N–H and O–H groups in total. The lowest BCUT2D eigenvalue weighted by atomic mass is 9.81. The van der Waals surface area contributed by atoms with Crippen molar-refractivity contribution in [2.45, 2.75) is 31.7 Å². The molecule has 0 saturated carbocycles. The van der Waals surface area contributed by atoms with Gasteiger partial charge in [0, 0.05) is 5.54 Å². The zero-order chi connectivity index (χ0) is 11.3. The summed E-state index contributed by atoms with van der Waals surface area (Å²) in [6, 6.07) is 10.9. The van der Waals surface area contributed by atoms with E-state index in [9.17, 15) is 0 Å². The molecule has 0 aromatic heterocycles. The Morgan fingerprint density at radius 3 is 2.50 bits per heavy atom. The average molecular weight is 218 g/mol. The lowest BCUT2D eigenvalue weighted by molar-refractivity contribution is 0.247. The summed E-state index contributed by atoms with van der Waals surface area (Å²) in [5.74, 6) is 0. The fourth-order valence-corrected chi connectivity index (χ4v) is 2.54. The second kappa shape index (κ2) is 5.46. The minimum Gasteiger partial charge on any atom is -0.317 e. The number of rotatable bonds is 4. The first-order valence-corrected chi connectivity index (χ1v) is 6.39. The van der Waals surface area contributed by atoms with Gasteiger partial charge in [0.05, 0.1) is 0 Å². The minimum absolute atomic E-state index is 0.211. The van der Waals surface area contributed by atoms with Crippen LogP contribution in [0.5, 0.6) is 0 Å². The van der Waals surface area contributed by atoms with E-state index in [0.29, 0.717) is 0 Å². The Labute approximate surface area is 98.4 Å². The largest absolute Gasteiger partial charge is 0.317 e. The minimum atomic E-state index is 0.211. The molecule has 0 unspecified atom stereocenters. The molecule has 1 aliphatic rings. The van der Waals surface area contributed by atoms with Gasteiger partial charge in [-0.3, -0.25) is 0 Å². The molecule has 0 bridgehead atoms. The van der Waals surface area contributed by atoms with E-state index in [1.165, 1.54) is 24.8 Å². The van der Waals surface area contributed by atoms with E-state index in [1.807, 2.05) is 0 Å². The van der Waals surface area contributed by atoms with Crippen LogP contribution in [0.25, 0.3) is 0 Å². The summed E-state index contributed by atoms with van der Waals surface area (Å²) in [7, 11) is 0. The van der Waals surface area contributed by atoms with Crippen molar-refractivity contribution in [1.82, 2.24) is 10.6 Å². The number of hydrogen-bond donors (Lipinski definition) is 2. The number of piperidine rings is 1. The molecule has 1 aromatic carbocycles. The monoisotopic (exact) mass is 218 g/mol. The summed E-state index contributed by atoms with van der Waals surface area (Å²) in [6.07, 6.45) is 3.58. The first kappa shape index (κ1) is 11.6. The van der Waals surface area contributed by atoms with Crippen molar-refractivity contribution < 1.29 is 0 Å². The lowest BCUT2D eigenvalue weighted by Gasteiger charge is -2.39. The molecule has 0 aliphatic carbocycles. The number of benzene rings is 1. The summed E-state index contributed by atoms with van der Waals surface area (Å²) in [5.41, 5.74) is 1.66. The Morgan fingerprint density at radius 1 is 1.19 bits per heavy atom. The average Bonchev–Trinajstić information content (AvgIpc) is 2.38. The third-order valence-corrected chi connectivity index (χ3v) is 3.50. The summed E-state index contributed by atoms with van der Waals surface area (Å²) >= 11 is 0. The van der Waals surface area contributed by atoms with E-state index in [0.717, 1.165) is 19.6 Å². The highest BCUT2D eigenvalue weighted by Crippen LogP contribution is 2.30. The van der Waals surface area contributed by atoms with Gasteiger partial charge in [0.1, 0.15) is 0 Å². The second-order valence-corrected chi connectivity index (χ2v) is 4.62. The fraction of sp³-hybridized carbons (Fsp3) is 0.571. The van der Waals surface area contributed by atoms with Crippen LogP contribution < -0.4 is 10.6 Å². The molecule has 1 aromatic rings. The van der Waals surface area contributed by atoms with Gasteiger partial charge in [-0.05, 0) is 44.5 Å². The van der Waals surface area contributed by atoms with Gasteiger partial charge in [-0.1, -0.05) is 37.3 Å². The van der Waals surface area contributed by atoms with Gasteiger partial charge in [0.25, 0.3) is 0 Å². The van der Waals surface area contributed by atoms with E-state index in [4.69, 9.17) is 0 Å². The maximum absolute atomic E-state index is 3.76. The molecule has 16 heavy (non-hydrogen) atoms. The second-order valence-electron chi connectivity index (χ2n) is 4.62. The van der Waals surface area contributed by atoms with E-state index >= 15 is 0 Å². The van der Waals surface area contributed by atoms with Crippen LogP contribution in [-0.4, -0.2) is 19.6 Å². The van der Waals surface area contributed by atoms with Crippen molar-refractivity contribution in [3.05, 3.63) is 35.9 Å². The van der Waals surface area contributed by atoms with Crippen LogP contribution >= 0.6 is 0 Å². The van der Waals surface area contributed by atoms with Crippen LogP contribution in [0.15, 0.2) is 30.3 Å². The van der Waals surface area contributed by atoms with Gasteiger partial charge in [0.2, 0.25) is 0 Å². The maximum Gasteiger partial charge on any atom is 0.0458 e. The normalized spacial score (nSPS) is 19.6. The SMILES string of the molecule is CCCNC1(c2ccccc2)CCNCC1. The van der Waals surface area contributed by atoms with E-state index in [1.54, 1.807) is 0 Å². The highest BCUT2D eigenvalue weighted by molar-refractivity contribution is 5.25. The van der Waals surface area contributed by atoms with Crippen LogP contribution in [0, 0.1) is 0 Å². The smallest absolute Gasteiger partial charge is 0.0458 e. The van der Waals surface area contributed by atoms with Gasteiger partial charge in [0.15, 0.2) is 0 Å². The zero-order valence-electron chi connectivity index (χ0n) is 10.1. The van der Waals surface area contributed by atoms with Crippen molar-refractivity contribution in [1.29, 1.82) is 0 Å². The topological polar surface area (TPSA) is 24.1 Å². The Kier molecular flexibility index (Phi) is 3.97. The summed E-state index contributed by atoms with van der Waals surface area (Å²) in [6.45, 7) is 5.57. The van der Waals surface area contributed by atoms with Gasteiger partial charge < -0.3 is 10.6 Å². The summed E-state index contributed by atoms with van der Waals surface area (Å²) in [5, 5.41) is 7.21. The molecule has 2 heteroatoms. The molecule has 0 radical (unpaired) electrons. The van der Waals surface area contributed by atoms with Gasteiger partial charge in [-0.2, -0.15) is 0 Å². The van der Waals surface area contributed by atoms with Crippen molar-refractivity contribution in [2.24, 2.45) is 0 Å². The first-order valence-electron chi connectivity index (χ1n) is 6.39. The van der Waals surface area contributed by atoms with Gasteiger partial charge in [-0.15, -0.1) is 0 Å². The van der Waals surface area contributed by atoms with E-state index < -0.39 is 0 Å². The van der Waals surface area contributed by atoms with Crippen LogP contribution in [0.3, 0.4) is 0 Å². The molecule has 0 amide bonds. The Morgan fingerprint density at radius 2 is 1.88 bits per heavy atom. The molecule has 1 aliphatic heterocycles. The highest BCUT2D eigenvalue weighted by atomic mass is 15.0. The van der Waals surface area contributed by atoms with Crippen LogP contribution in [-0.2, 0) is 5.54 Å². The van der Waals surface area contributed by atoms with Crippen LogP contribution in [0.2, 0.25) is 0 Å². The third kappa shape index (κ3) is 2.45. The molecule has 1 saturated heterocycles. The summed E-state index contributed by atoms with van der Waals surface area (Å²) in [4.78, 5) is 0. The predicted octanol–water partition coefficient (Wildman–Crippen LogP) is 2.26. The van der Waals surface area contributed by atoms with E-state index in [2.05, 4.69) is 47.9 Å². The van der Waals surface area contributed by atoms with Crippen LogP contribution in [0.1, 0.15) is 31.7 Å². The molecule has 1 fully saturated rings. The maximum atomic E-state index is 3.76. The first-order chi connectivity index (χ1) is 7.87. The Balaban J connectivity index is 2.19. The van der Waals surface area contributed by atoms with Gasteiger partial charge >= 0.3 is 0 Å². The molecule has 1 heterocycles. The molecular weight excluding hydrogens is 196 g/mol. The van der Waals surface area contributed by atoms with Gasteiger partial charge in [-0.25, -0.2) is 0 Å². The third-order valence-electron chi connectivity index (χ3n) is 3.50. The van der Waals surface area contributed by atoms with E-state index in [-0.39, 0.29) is 5.54 Å².